The molecular formula is C22H22F4N4O2. The number of nitrogens with zero attached hydrogens (tertiary/aromatic N) is 2. The van der Waals surface area contributed by atoms with Gasteiger partial charge in [-0.2, -0.15) is 0 Å². The maximum atomic E-state index is 13.8. The molecule has 3 atom stereocenters. The van der Waals surface area contributed by atoms with Gasteiger partial charge in [0.25, 0.3) is 0 Å². The topological polar surface area (TPSA) is 78.7 Å². The lowest BCUT2D eigenvalue weighted by Crippen LogP contribution is -2.52. The molecule has 0 aromatic heterocycles. The highest BCUT2D eigenvalue weighted by Crippen LogP contribution is 2.32. The molecule has 6 nitrogen and oxygen atoms in total. The van der Waals surface area contributed by atoms with Crippen molar-refractivity contribution in [2.45, 2.75) is 37.4 Å². The van der Waals surface area contributed by atoms with E-state index in [1.54, 1.807) is 9.80 Å². The van der Waals surface area contributed by atoms with Gasteiger partial charge in [0.1, 0.15) is 11.6 Å². The summed E-state index contributed by atoms with van der Waals surface area (Å²) in [7, 11) is 0. The number of rotatable bonds is 5. The number of halogens is 4. The van der Waals surface area contributed by atoms with Crippen molar-refractivity contribution in [2.75, 3.05) is 18.4 Å². The third-order valence-electron chi connectivity index (χ3n) is 5.93. The third-order valence-corrected chi connectivity index (χ3v) is 5.93. The van der Waals surface area contributed by atoms with Crippen LogP contribution in [0.3, 0.4) is 0 Å². The summed E-state index contributed by atoms with van der Waals surface area (Å²) in [6.07, 6.45) is 0.446. The van der Waals surface area contributed by atoms with Gasteiger partial charge in [0.05, 0.1) is 12.1 Å². The van der Waals surface area contributed by atoms with Crippen LogP contribution in [0.4, 0.5) is 28.0 Å². The molecule has 3 amide bonds. The van der Waals surface area contributed by atoms with E-state index in [-0.39, 0.29) is 42.4 Å². The fourth-order valence-electron chi connectivity index (χ4n) is 4.37. The van der Waals surface area contributed by atoms with Crippen LogP contribution in [-0.2, 0) is 11.2 Å². The zero-order chi connectivity index (χ0) is 23.0. The molecule has 2 heterocycles. The summed E-state index contributed by atoms with van der Waals surface area (Å²) in [6, 6.07) is 5.27. The van der Waals surface area contributed by atoms with Crippen molar-refractivity contribution in [3.63, 3.8) is 0 Å². The summed E-state index contributed by atoms with van der Waals surface area (Å²) in [5.74, 6) is -3.99. The number of carbonyl (C=O) groups excluding carboxylic acids is 2. The quantitative estimate of drug-likeness (QED) is 0.543. The van der Waals surface area contributed by atoms with E-state index >= 15 is 0 Å². The van der Waals surface area contributed by atoms with Gasteiger partial charge in [0.15, 0.2) is 11.6 Å². The van der Waals surface area contributed by atoms with Crippen LogP contribution in [0.15, 0.2) is 36.4 Å². The number of benzene rings is 2. The molecule has 0 aliphatic carbocycles. The normalized spacial score (nSPS) is 20.5. The number of piperazine rings is 1. The van der Waals surface area contributed by atoms with Crippen molar-refractivity contribution in [2.24, 2.45) is 5.73 Å². The maximum absolute atomic E-state index is 13.8. The largest absolute Gasteiger partial charge is 0.336 e. The maximum Gasteiger partial charge on any atom is 0.322 e. The summed E-state index contributed by atoms with van der Waals surface area (Å²) in [6.45, 7) is 0.711. The smallest absolute Gasteiger partial charge is 0.322 e. The molecule has 2 aliphatic rings. The molecule has 4 rings (SSSR count). The van der Waals surface area contributed by atoms with Crippen LogP contribution >= 0.6 is 0 Å². The Morgan fingerprint density at radius 3 is 2.25 bits per heavy atom. The molecule has 2 saturated heterocycles. The minimum absolute atomic E-state index is 0.0799. The highest BCUT2D eigenvalue weighted by molar-refractivity contribution is 5.90. The number of carbonyl (C=O) groups is 2. The Balaban J connectivity index is 1.30. The molecule has 32 heavy (non-hydrogen) atoms. The third kappa shape index (κ3) is 4.55. The molecule has 0 radical (unpaired) electrons. The number of nitrogens with two attached hydrogens (primary N) is 1. The molecule has 0 spiro atoms. The Hall–Kier alpha value is -3.14. The van der Waals surface area contributed by atoms with E-state index in [0.717, 1.165) is 6.07 Å². The summed E-state index contributed by atoms with van der Waals surface area (Å²) < 4.78 is 53.3. The zero-order valence-electron chi connectivity index (χ0n) is 17.0. The van der Waals surface area contributed by atoms with E-state index in [4.69, 9.17) is 5.73 Å². The van der Waals surface area contributed by atoms with E-state index in [2.05, 4.69) is 5.32 Å². The molecule has 2 aliphatic heterocycles. The molecule has 0 unspecified atom stereocenters. The highest BCUT2D eigenvalue weighted by atomic mass is 19.2. The van der Waals surface area contributed by atoms with Gasteiger partial charge in [-0.15, -0.1) is 0 Å². The van der Waals surface area contributed by atoms with E-state index in [9.17, 15) is 27.2 Å². The average molecular weight is 450 g/mol. The van der Waals surface area contributed by atoms with Gasteiger partial charge in [-0.25, -0.2) is 22.4 Å². The van der Waals surface area contributed by atoms with Gasteiger partial charge < -0.3 is 20.9 Å². The van der Waals surface area contributed by atoms with E-state index in [1.807, 2.05) is 0 Å². The number of nitrogens with one attached hydrogen (secondary N) is 1. The van der Waals surface area contributed by atoms with Crippen LogP contribution in [0.5, 0.6) is 0 Å². The number of hydrogen-bond acceptors (Lipinski definition) is 3. The standard InChI is InChI=1S/C22H22F4N4O2/c23-13-1-3-15(4-2-13)28-22(32)30-11-16-8-17(30)10-29(16)21(31)7-14(27)5-12-6-19(25)20(26)9-18(12)24/h1-4,6,9,14,16-17H,5,7-8,10-11,27H2,(H,28,32)/t14-,16+,17-/m1/s1. The van der Waals surface area contributed by atoms with Gasteiger partial charge in [-0.3, -0.25) is 4.79 Å². The number of likely N-dealkylation sites (tertiary alicyclic amines) is 2. The molecule has 0 saturated carbocycles. The number of hydrogen-bond donors (Lipinski definition) is 2. The second kappa shape index (κ2) is 8.78. The average Bonchev–Trinajstić information content (AvgIpc) is 3.35. The first-order valence-corrected chi connectivity index (χ1v) is 10.2. The van der Waals surface area contributed by atoms with Crippen molar-refractivity contribution >= 4 is 17.6 Å². The lowest BCUT2D eigenvalue weighted by atomic mass is 10.0. The summed E-state index contributed by atoms with van der Waals surface area (Å²) >= 11 is 0. The Bertz CT molecular complexity index is 1030. The Morgan fingerprint density at radius 1 is 0.969 bits per heavy atom. The number of anilines is 1. The zero-order valence-corrected chi connectivity index (χ0v) is 17.0. The Kier molecular flexibility index (Phi) is 6.05. The van der Waals surface area contributed by atoms with E-state index in [0.29, 0.717) is 31.3 Å². The Morgan fingerprint density at radius 2 is 1.59 bits per heavy atom. The van der Waals surface area contributed by atoms with Gasteiger partial charge in [-0.1, -0.05) is 0 Å². The van der Waals surface area contributed by atoms with Crippen molar-refractivity contribution in [3.8, 4) is 0 Å². The molecular weight excluding hydrogens is 428 g/mol. The first-order valence-electron chi connectivity index (χ1n) is 10.2. The number of amides is 3. The number of fused-ring (bicyclic) bond motifs is 2. The van der Waals surface area contributed by atoms with Gasteiger partial charge in [0, 0.05) is 37.3 Å². The minimum atomic E-state index is -1.28. The predicted octanol–water partition coefficient (Wildman–Crippen LogP) is 3.02. The van der Waals surface area contributed by atoms with Gasteiger partial charge in [0.2, 0.25) is 5.91 Å². The minimum Gasteiger partial charge on any atom is -0.336 e. The van der Waals surface area contributed by atoms with E-state index in [1.165, 1.54) is 24.3 Å². The van der Waals surface area contributed by atoms with Crippen molar-refractivity contribution in [3.05, 3.63) is 65.2 Å². The number of urea groups is 1. The molecule has 10 heteroatoms. The summed E-state index contributed by atoms with van der Waals surface area (Å²) in [4.78, 5) is 28.5. The predicted molar refractivity (Wildman–Crippen MR) is 109 cm³/mol. The molecule has 2 bridgehead atoms. The molecule has 2 aromatic rings. The monoisotopic (exact) mass is 450 g/mol. The summed E-state index contributed by atoms with van der Waals surface area (Å²) in [5.41, 5.74) is 6.36. The van der Waals surface area contributed by atoms with Gasteiger partial charge >= 0.3 is 6.03 Å². The van der Waals surface area contributed by atoms with E-state index < -0.39 is 29.3 Å². The van der Waals surface area contributed by atoms with Crippen molar-refractivity contribution < 1.29 is 27.2 Å². The lowest BCUT2D eigenvalue weighted by Gasteiger charge is -2.34. The van der Waals surface area contributed by atoms with Crippen LogP contribution < -0.4 is 11.1 Å². The van der Waals surface area contributed by atoms with Crippen LogP contribution in [0.25, 0.3) is 0 Å². The van der Waals surface area contributed by atoms with Crippen molar-refractivity contribution in [1.29, 1.82) is 0 Å². The molecule has 3 N–H and O–H groups in total. The molecule has 170 valence electrons. The van der Waals surface area contributed by atoms with Crippen LogP contribution in [0.2, 0.25) is 0 Å². The highest BCUT2D eigenvalue weighted by Gasteiger charge is 2.47. The van der Waals surface area contributed by atoms with Crippen molar-refractivity contribution in [1.82, 2.24) is 9.80 Å². The molecule has 2 fully saturated rings. The second-order valence-electron chi connectivity index (χ2n) is 8.20. The van der Waals surface area contributed by atoms with Crippen LogP contribution in [-0.4, -0.2) is 53.0 Å². The fraction of sp³-hybridized carbons (Fsp3) is 0.364. The molecule has 2 aromatic carbocycles. The first-order chi connectivity index (χ1) is 15.2. The summed E-state index contributed by atoms with van der Waals surface area (Å²) in [5, 5.41) is 2.72. The van der Waals surface area contributed by atoms with Crippen LogP contribution in [0, 0.1) is 23.3 Å². The second-order valence-corrected chi connectivity index (χ2v) is 8.20. The fourth-order valence-corrected chi connectivity index (χ4v) is 4.37. The first kappa shape index (κ1) is 22.1. The van der Waals surface area contributed by atoms with Gasteiger partial charge in [-0.05, 0) is 48.7 Å². The lowest BCUT2D eigenvalue weighted by molar-refractivity contribution is -0.133. The SMILES string of the molecule is N[C@@H](CC(=O)N1C[C@H]2C[C@H]1CN2C(=O)Nc1ccc(F)cc1)Cc1cc(F)c(F)cc1F. The Labute approximate surface area is 182 Å². The van der Waals surface area contributed by atoms with Crippen LogP contribution in [0.1, 0.15) is 18.4 Å².